The standard InChI is InChI=1S/C20H33N3O6.C18H29N3O6.C7H11NO4.Li.H2O/c1-5-10-21-17(24)15-16(29-15)18(25)22-14(12(4)6-2)19(26)23-11-8-9-13(23)20(27)28-7-3;1-4-8-19-15(22)13-14(27-13)16(23)20-12(10(3)5-2)17(24)21-9-6-7-11(21)18(25)26;1-2-3-8-6(9)4-5(12-4)7(10)11;;/h12-16H,5-11H2,1-4H3,(H,21,24)(H,22,25);10-14H,4-9H2,1-3H3,(H,19,22)(H,20,23)(H,25,26);4-5H,2-3H2,1H3,(H,8,9)(H,10,11);;1H2/q;;;+1;/p-1/t12-,13-,14-,15-,16?;10-,11-,12-,13-,14?;4-,5-;;/m000../s1. The number of nitrogens with one attached hydrogen (secondary N) is 5. The number of amides is 7. The van der Waals surface area contributed by atoms with Crippen molar-refractivity contribution in [2.24, 2.45) is 11.8 Å². The first kappa shape index (κ1) is 63.2. The maximum absolute atomic E-state index is 13.2. The van der Waals surface area contributed by atoms with E-state index in [1.54, 1.807) is 6.92 Å². The molecule has 5 aliphatic heterocycles. The fourth-order valence-corrected chi connectivity index (χ4v) is 7.56. The van der Waals surface area contributed by atoms with Gasteiger partial charge in [0.1, 0.15) is 24.2 Å². The van der Waals surface area contributed by atoms with Crippen molar-refractivity contribution in [3.63, 3.8) is 0 Å². The molecule has 392 valence electrons. The first-order valence-electron chi connectivity index (χ1n) is 24.0. The topological polar surface area (TPSA) is 355 Å². The molecule has 5 saturated heterocycles. The Kier molecular flexibility index (Phi) is 27.8. The van der Waals surface area contributed by atoms with E-state index in [-0.39, 0.29) is 66.4 Å². The van der Waals surface area contributed by atoms with Gasteiger partial charge in [0.15, 0.2) is 36.6 Å². The molecule has 0 bridgehead atoms. The van der Waals surface area contributed by atoms with Crippen LogP contribution in [0, 0.1) is 11.8 Å². The predicted octanol–water partition coefficient (Wildman–Crippen LogP) is -3.56. The van der Waals surface area contributed by atoms with E-state index in [0.717, 1.165) is 19.3 Å². The smallest absolute Gasteiger partial charge is 0.870 e. The summed E-state index contributed by atoms with van der Waals surface area (Å²) in [7, 11) is 0. The molecule has 0 aromatic carbocycles. The van der Waals surface area contributed by atoms with Gasteiger partial charge in [-0.15, -0.1) is 0 Å². The van der Waals surface area contributed by atoms with Crippen molar-refractivity contribution in [2.75, 3.05) is 39.3 Å². The zero-order chi connectivity index (χ0) is 50.8. The third kappa shape index (κ3) is 18.1. The van der Waals surface area contributed by atoms with Crippen LogP contribution < -0.4 is 45.4 Å². The predicted molar refractivity (Wildman–Crippen MR) is 242 cm³/mol. The van der Waals surface area contributed by atoms with Crippen molar-refractivity contribution in [1.29, 1.82) is 0 Å². The number of carbonyl (C=O) groups is 10. The molecule has 70 heavy (non-hydrogen) atoms. The fraction of sp³-hybridized carbons (Fsp3) is 0.778. The molecule has 0 aromatic rings. The van der Waals surface area contributed by atoms with Gasteiger partial charge in [0, 0.05) is 32.7 Å². The van der Waals surface area contributed by atoms with E-state index in [4.69, 9.17) is 19.3 Å². The van der Waals surface area contributed by atoms with E-state index < -0.39 is 96.4 Å². The molecule has 5 rings (SSSR count). The number of carbonyl (C=O) groups excluding carboxylic acids is 8. The molecular weight excluding hydrogens is 917 g/mol. The minimum absolute atomic E-state index is 0. The molecule has 25 heteroatoms. The van der Waals surface area contributed by atoms with Gasteiger partial charge in [0.05, 0.1) is 6.61 Å². The van der Waals surface area contributed by atoms with Crippen LogP contribution in [0.15, 0.2) is 0 Å². The van der Waals surface area contributed by atoms with Crippen LogP contribution in [0.5, 0.6) is 0 Å². The molecule has 0 saturated carbocycles. The van der Waals surface area contributed by atoms with Gasteiger partial charge in [0.2, 0.25) is 11.8 Å². The Hall–Kier alpha value is -4.86. The average molecular weight is 992 g/mol. The zero-order valence-corrected chi connectivity index (χ0v) is 42.0. The molecule has 0 aromatic heterocycles. The van der Waals surface area contributed by atoms with Crippen LogP contribution in [0.3, 0.4) is 0 Å². The first-order valence-corrected chi connectivity index (χ1v) is 24.0. The maximum atomic E-state index is 13.2. The Balaban J connectivity index is 0.000000556. The van der Waals surface area contributed by atoms with E-state index in [1.165, 1.54) is 9.80 Å². The number of carboxylic acid groups (broad SMARTS) is 2. The number of epoxide rings is 3. The monoisotopic (exact) mass is 992 g/mol. The Morgan fingerprint density at radius 2 is 0.886 bits per heavy atom. The normalized spacial score (nSPS) is 25.0. The van der Waals surface area contributed by atoms with Crippen molar-refractivity contribution >= 4 is 59.3 Å². The van der Waals surface area contributed by atoms with Crippen LogP contribution in [0.25, 0.3) is 0 Å². The number of likely N-dealkylation sites (tertiary alicyclic amines) is 2. The van der Waals surface area contributed by atoms with Crippen LogP contribution >= 0.6 is 0 Å². The second-order valence-corrected chi connectivity index (χ2v) is 17.4. The van der Waals surface area contributed by atoms with Crippen molar-refractivity contribution in [3.8, 4) is 0 Å². The number of ether oxygens (including phenoxy) is 4. The summed E-state index contributed by atoms with van der Waals surface area (Å²) in [6.07, 6.45) is 0.859. The number of aliphatic carboxylic acids is 2. The Morgan fingerprint density at radius 1 is 0.543 bits per heavy atom. The molecule has 5 heterocycles. The molecule has 0 radical (unpaired) electrons. The maximum Gasteiger partial charge on any atom is 1.00 e. The number of nitrogens with zero attached hydrogens (tertiary/aromatic N) is 2. The van der Waals surface area contributed by atoms with Gasteiger partial charge in [0.25, 0.3) is 29.5 Å². The summed E-state index contributed by atoms with van der Waals surface area (Å²) in [5.74, 6) is -5.51. The number of hydrogen-bond donors (Lipinski definition) is 7. The fourth-order valence-electron chi connectivity index (χ4n) is 7.56. The molecule has 0 spiro atoms. The summed E-state index contributed by atoms with van der Waals surface area (Å²) in [5, 5.41) is 31.0. The largest absolute Gasteiger partial charge is 1.00 e. The molecule has 8 N–H and O–H groups in total. The minimum atomic E-state index is -1.08. The van der Waals surface area contributed by atoms with Crippen LogP contribution in [-0.4, -0.2) is 185 Å². The van der Waals surface area contributed by atoms with Crippen molar-refractivity contribution in [3.05, 3.63) is 0 Å². The summed E-state index contributed by atoms with van der Waals surface area (Å²) in [6, 6.07) is -3.10. The van der Waals surface area contributed by atoms with E-state index in [2.05, 4.69) is 31.3 Å². The summed E-state index contributed by atoms with van der Waals surface area (Å²) in [5.41, 5.74) is 0. The molecule has 5 aliphatic rings. The molecular formula is C45H74LiN7O17. The second-order valence-electron chi connectivity index (χ2n) is 17.4. The van der Waals surface area contributed by atoms with Gasteiger partial charge >= 0.3 is 36.8 Å². The summed E-state index contributed by atoms with van der Waals surface area (Å²) < 4.78 is 20.1. The van der Waals surface area contributed by atoms with Crippen molar-refractivity contribution in [1.82, 2.24) is 36.4 Å². The third-order valence-corrected chi connectivity index (χ3v) is 12.1. The molecule has 24 nitrogen and oxygen atoms in total. The van der Waals surface area contributed by atoms with Crippen molar-refractivity contribution < 1.29 is 101 Å². The Morgan fingerprint density at radius 3 is 1.21 bits per heavy atom. The van der Waals surface area contributed by atoms with Gasteiger partial charge in [-0.1, -0.05) is 61.3 Å². The quantitative estimate of drug-likeness (QED) is 0.0296. The Labute approximate surface area is 420 Å². The first-order chi connectivity index (χ1) is 32.3. The minimum Gasteiger partial charge on any atom is -0.870 e. The average Bonchev–Trinajstić information content (AvgIpc) is 4.29. The van der Waals surface area contributed by atoms with Gasteiger partial charge in [-0.05, 0) is 63.7 Å². The van der Waals surface area contributed by atoms with Crippen LogP contribution in [0.4, 0.5) is 0 Å². The summed E-state index contributed by atoms with van der Waals surface area (Å²) >= 11 is 0. The van der Waals surface area contributed by atoms with Gasteiger partial charge in [-0.25, -0.2) is 14.4 Å². The Bertz CT molecular complexity index is 1810. The molecule has 0 aliphatic carbocycles. The van der Waals surface area contributed by atoms with Crippen molar-refractivity contribution in [2.45, 2.75) is 174 Å². The zero-order valence-electron chi connectivity index (χ0n) is 42.0. The summed E-state index contributed by atoms with van der Waals surface area (Å²) in [6.45, 7) is 17.7. The van der Waals surface area contributed by atoms with E-state index in [0.29, 0.717) is 71.2 Å². The summed E-state index contributed by atoms with van der Waals surface area (Å²) in [4.78, 5) is 123. The third-order valence-electron chi connectivity index (χ3n) is 12.1. The van der Waals surface area contributed by atoms with Gasteiger partial charge in [-0.3, -0.25) is 33.6 Å². The molecule has 2 unspecified atom stereocenters. The molecule has 7 amide bonds. The molecule has 5 fully saturated rings. The molecule has 12 atom stereocenters. The second kappa shape index (κ2) is 30.8. The van der Waals surface area contributed by atoms with Crippen LogP contribution in [0.1, 0.15) is 113 Å². The SMILES string of the molecule is CCCNC(=O)[C@H]1OC1C(=O)N[C@H](C(=O)N1CCC[C@H]1C(=O)O)[C@@H](C)CC.CCCNC(=O)[C@H]1OC1C(=O)N[C@H](C(=O)N1CCC[C@H]1C(=O)OCC)[C@@H](C)CC.CCCNC(=O)[C@H]1O[C@@H]1C(=O)O.[Li+].[OH-]. The number of rotatable bonds is 23. The van der Waals surface area contributed by atoms with E-state index in [1.807, 2.05) is 48.5 Å². The number of carboxylic acids is 2. The van der Waals surface area contributed by atoms with Gasteiger partial charge in [-0.2, -0.15) is 0 Å². The number of hydrogen-bond acceptors (Lipinski definition) is 15. The van der Waals surface area contributed by atoms with Crippen LogP contribution in [0.2, 0.25) is 0 Å². The van der Waals surface area contributed by atoms with Crippen LogP contribution in [-0.2, 0) is 66.9 Å². The van der Waals surface area contributed by atoms with E-state index >= 15 is 0 Å². The number of esters is 1. The van der Waals surface area contributed by atoms with E-state index in [9.17, 15) is 53.1 Å². The van der Waals surface area contributed by atoms with Gasteiger partial charge < -0.3 is 71.0 Å².